The van der Waals surface area contributed by atoms with Gasteiger partial charge < -0.3 is 0 Å². The van der Waals surface area contributed by atoms with Crippen molar-refractivity contribution < 1.29 is 13.2 Å². The predicted molar refractivity (Wildman–Crippen MR) is 101 cm³/mol. The van der Waals surface area contributed by atoms with Gasteiger partial charge in [-0.15, -0.1) is 0 Å². The molecule has 1 saturated carbocycles. The second-order valence-corrected chi connectivity index (χ2v) is 7.58. The molecule has 26 heavy (non-hydrogen) atoms. The lowest BCUT2D eigenvalue weighted by Crippen LogP contribution is -2.13. The molecule has 0 nitrogen and oxygen atoms in total. The van der Waals surface area contributed by atoms with Crippen molar-refractivity contribution in [1.82, 2.24) is 0 Å². The van der Waals surface area contributed by atoms with Gasteiger partial charge in [0.2, 0.25) is 0 Å². The van der Waals surface area contributed by atoms with Crippen molar-refractivity contribution in [2.24, 2.45) is 5.92 Å². The van der Waals surface area contributed by atoms with Crippen molar-refractivity contribution in [2.75, 3.05) is 0 Å². The van der Waals surface area contributed by atoms with E-state index in [9.17, 15) is 13.2 Å². The van der Waals surface area contributed by atoms with E-state index in [0.29, 0.717) is 17.5 Å². The third kappa shape index (κ3) is 4.49. The fourth-order valence-electron chi connectivity index (χ4n) is 4.15. The Labute approximate surface area is 154 Å². The Morgan fingerprint density at radius 2 is 1.46 bits per heavy atom. The summed E-state index contributed by atoms with van der Waals surface area (Å²) in [4.78, 5) is 0. The lowest BCUT2D eigenvalue weighted by Gasteiger charge is -2.29. The van der Waals surface area contributed by atoms with Crippen molar-refractivity contribution in [3.63, 3.8) is 0 Å². The molecule has 0 amide bonds. The molecule has 0 N–H and O–H groups in total. The summed E-state index contributed by atoms with van der Waals surface area (Å²) < 4.78 is 40.5. The minimum Gasteiger partial charge on any atom is -0.206 e. The molecule has 0 unspecified atom stereocenters. The first-order valence-electron chi connectivity index (χ1n) is 9.83. The number of unbranched alkanes of at least 4 members (excludes halogenated alkanes) is 2. The summed E-state index contributed by atoms with van der Waals surface area (Å²) in [6.45, 7) is 2.24. The zero-order chi connectivity index (χ0) is 18.5. The van der Waals surface area contributed by atoms with Crippen molar-refractivity contribution in [3.8, 4) is 11.1 Å². The number of hydrogen-bond donors (Lipinski definition) is 0. The highest BCUT2D eigenvalue weighted by Gasteiger charge is 2.22. The van der Waals surface area contributed by atoms with Crippen molar-refractivity contribution >= 4 is 0 Å². The third-order valence-corrected chi connectivity index (χ3v) is 5.77. The van der Waals surface area contributed by atoms with E-state index in [-0.39, 0.29) is 5.56 Å². The molecule has 1 fully saturated rings. The highest BCUT2D eigenvalue weighted by Crippen LogP contribution is 2.38. The predicted octanol–water partition coefficient (Wildman–Crippen LogP) is 7.63. The van der Waals surface area contributed by atoms with Gasteiger partial charge in [0.25, 0.3) is 0 Å². The van der Waals surface area contributed by atoms with E-state index in [1.807, 2.05) is 24.3 Å². The van der Waals surface area contributed by atoms with Crippen molar-refractivity contribution in [3.05, 3.63) is 59.4 Å². The van der Waals surface area contributed by atoms with E-state index in [4.69, 9.17) is 0 Å². The number of benzene rings is 2. The first-order chi connectivity index (χ1) is 12.6. The molecule has 2 aromatic carbocycles. The van der Waals surface area contributed by atoms with Crippen LogP contribution < -0.4 is 0 Å². The van der Waals surface area contributed by atoms with E-state index in [1.165, 1.54) is 56.9 Å². The molecule has 140 valence electrons. The maximum atomic E-state index is 13.9. The molecule has 0 radical (unpaired) electrons. The highest BCUT2D eigenvalue weighted by atomic mass is 19.2. The zero-order valence-electron chi connectivity index (χ0n) is 15.4. The zero-order valence-corrected chi connectivity index (χ0v) is 15.4. The number of hydrogen-bond acceptors (Lipinski definition) is 0. The standard InChI is InChI=1S/C23H27F3/c1-2-3-4-5-16-6-8-17(9-7-16)18-10-12-19(13-11-18)20-14-22(25)23(26)15-21(20)24/h10-17H,2-9H2,1H3. The van der Waals surface area contributed by atoms with Crippen LogP contribution in [0, 0.1) is 23.4 Å². The van der Waals surface area contributed by atoms with Crippen LogP contribution in [0.25, 0.3) is 11.1 Å². The van der Waals surface area contributed by atoms with E-state index >= 15 is 0 Å². The number of rotatable bonds is 6. The van der Waals surface area contributed by atoms with Gasteiger partial charge in [0.1, 0.15) is 5.82 Å². The molecule has 1 aliphatic carbocycles. The van der Waals surface area contributed by atoms with Gasteiger partial charge in [-0.1, -0.05) is 56.9 Å². The molecule has 2 aromatic rings. The normalized spacial score (nSPS) is 20.3. The summed E-state index contributed by atoms with van der Waals surface area (Å²) >= 11 is 0. The van der Waals surface area contributed by atoms with Crippen LogP contribution in [0.1, 0.15) is 69.8 Å². The van der Waals surface area contributed by atoms with Crippen LogP contribution in [-0.4, -0.2) is 0 Å². The minimum absolute atomic E-state index is 0.107. The van der Waals surface area contributed by atoms with Gasteiger partial charge in [-0.05, 0) is 54.7 Å². The summed E-state index contributed by atoms with van der Waals surface area (Å²) in [5, 5.41) is 0. The van der Waals surface area contributed by atoms with Crippen LogP contribution in [0.2, 0.25) is 0 Å². The Kier molecular flexibility index (Phi) is 6.39. The molecule has 3 rings (SSSR count). The second kappa shape index (κ2) is 8.75. The third-order valence-electron chi connectivity index (χ3n) is 5.77. The average molecular weight is 360 g/mol. The first-order valence-corrected chi connectivity index (χ1v) is 9.83. The van der Waals surface area contributed by atoms with E-state index < -0.39 is 17.5 Å². The molecule has 0 bridgehead atoms. The number of halogens is 3. The Balaban J connectivity index is 1.63. The smallest absolute Gasteiger partial charge is 0.161 e. The quantitative estimate of drug-likeness (QED) is 0.367. The van der Waals surface area contributed by atoms with Gasteiger partial charge in [0, 0.05) is 11.6 Å². The van der Waals surface area contributed by atoms with Crippen molar-refractivity contribution in [1.29, 1.82) is 0 Å². The monoisotopic (exact) mass is 360 g/mol. The molecule has 0 saturated heterocycles. The molecule has 0 atom stereocenters. The van der Waals surface area contributed by atoms with Crippen LogP contribution in [0.3, 0.4) is 0 Å². The maximum absolute atomic E-state index is 13.9. The topological polar surface area (TPSA) is 0 Å². The Hall–Kier alpha value is -1.77. The van der Waals surface area contributed by atoms with Gasteiger partial charge in [-0.3, -0.25) is 0 Å². The van der Waals surface area contributed by atoms with Gasteiger partial charge in [0.05, 0.1) is 0 Å². The molecular weight excluding hydrogens is 333 g/mol. The Morgan fingerprint density at radius 3 is 2.12 bits per heavy atom. The fraction of sp³-hybridized carbons (Fsp3) is 0.478. The first kappa shape index (κ1) is 19.0. The largest absolute Gasteiger partial charge is 0.206 e. The molecule has 1 aliphatic rings. The minimum atomic E-state index is -1.15. The summed E-state index contributed by atoms with van der Waals surface area (Å²) in [5.41, 5.74) is 1.96. The van der Waals surface area contributed by atoms with E-state index in [1.54, 1.807) is 0 Å². The van der Waals surface area contributed by atoms with Crippen LogP contribution >= 0.6 is 0 Å². The lowest BCUT2D eigenvalue weighted by molar-refractivity contribution is 0.303. The molecule has 0 heterocycles. The molecular formula is C23H27F3. The maximum Gasteiger partial charge on any atom is 0.161 e. The van der Waals surface area contributed by atoms with Gasteiger partial charge >= 0.3 is 0 Å². The van der Waals surface area contributed by atoms with E-state index in [2.05, 4.69) is 6.92 Å². The summed E-state index contributed by atoms with van der Waals surface area (Å²) in [5.74, 6) is -1.48. The van der Waals surface area contributed by atoms with Crippen molar-refractivity contribution in [2.45, 2.75) is 64.2 Å². The van der Waals surface area contributed by atoms with Gasteiger partial charge in [-0.2, -0.15) is 0 Å². The van der Waals surface area contributed by atoms with Gasteiger partial charge in [-0.25, -0.2) is 13.2 Å². The molecule has 3 heteroatoms. The van der Waals surface area contributed by atoms with Crippen LogP contribution in [0.5, 0.6) is 0 Å². The second-order valence-electron chi connectivity index (χ2n) is 7.58. The fourth-order valence-corrected chi connectivity index (χ4v) is 4.15. The van der Waals surface area contributed by atoms with Crippen LogP contribution in [-0.2, 0) is 0 Å². The van der Waals surface area contributed by atoms with E-state index in [0.717, 1.165) is 12.0 Å². The summed E-state index contributed by atoms with van der Waals surface area (Å²) in [6.07, 6.45) is 10.3. The summed E-state index contributed by atoms with van der Waals surface area (Å²) in [6, 6.07) is 9.20. The summed E-state index contributed by atoms with van der Waals surface area (Å²) in [7, 11) is 0. The van der Waals surface area contributed by atoms with Crippen LogP contribution in [0.15, 0.2) is 36.4 Å². The lowest BCUT2D eigenvalue weighted by atomic mass is 9.77. The molecule has 0 aromatic heterocycles. The molecule has 0 spiro atoms. The molecule has 0 aliphatic heterocycles. The average Bonchev–Trinajstić information content (AvgIpc) is 2.66. The van der Waals surface area contributed by atoms with Gasteiger partial charge in [0.15, 0.2) is 11.6 Å². The SMILES string of the molecule is CCCCCC1CCC(c2ccc(-c3cc(F)c(F)cc3F)cc2)CC1. The Bertz CT molecular complexity index is 713. The van der Waals surface area contributed by atoms with Crippen LogP contribution in [0.4, 0.5) is 13.2 Å². The Morgan fingerprint density at radius 1 is 0.808 bits per heavy atom. The highest BCUT2D eigenvalue weighted by molar-refractivity contribution is 5.64.